The highest BCUT2D eigenvalue weighted by molar-refractivity contribution is 5.22. The molecule has 0 atom stereocenters. The van der Waals surface area contributed by atoms with Gasteiger partial charge in [-0.15, -0.1) is 0 Å². The highest BCUT2D eigenvalue weighted by Crippen LogP contribution is 2.12. The van der Waals surface area contributed by atoms with Crippen LogP contribution < -0.4 is 14.2 Å². The van der Waals surface area contributed by atoms with Crippen molar-refractivity contribution in [3.05, 3.63) is 163 Å². The molecule has 0 radical (unpaired) electrons. The van der Waals surface area contributed by atoms with Crippen molar-refractivity contribution in [2.45, 2.75) is 94.9 Å². The zero-order chi connectivity index (χ0) is 44.3. The van der Waals surface area contributed by atoms with Gasteiger partial charge < -0.3 is 23.7 Å². The highest BCUT2D eigenvalue weighted by Gasteiger charge is 1.94. The molecule has 0 saturated heterocycles. The Morgan fingerprint density at radius 2 is 0.411 bits per heavy atom. The Morgan fingerprint density at radius 3 is 0.500 bits per heavy atom. The maximum atomic E-state index is 4.91. The van der Waals surface area contributed by atoms with Crippen molar-refractivity contribution in [3.8, 4) is 17.2 Å². The number of para-hydroxylation sites is 3. The summed E-state index contributed by atoms with van der Waals surface area (Å²) >= 11 is 0. The van der Waals surface area contributed by atoms with Crippen molar-refractivity contribution in [1.29, 1.82) is 0 Å². The van der Waals surface area contributed by atoms with Gasteiger partial charge in [-0.2, -0.15) is 0 Å². The third-order valence-electron chi connectivity index (χ3n) is 5.87. The number of hydrogen-bond acceptors (Lipinski definition) is 5. The highest BCUT2D eigenvalue weighted by atomic mass is 16.5. The second kappa shape index (κ2) is 57.1. The summed E-state index contributed by atoms with van der Waals surface area (Å²) in [7, 11) is 11.5. The molecular weight excluding hydrogens is 693 g/mol. The van der Waals surface area contributed by atoms with Gasteiger partial charge in [0.2, 0.25) is 0 Å². The van der Waals surface area contributed by atoms with Crippen LogP contribution in [0.3, 0.4) is 0 Å². The van der Waals surface area contributed by atoms with Crippen molar-refractivity contribution in [3.63, 3.8) is 0 Å². The van der Waals surface area contributed by atoms with Crippen molar-refractivity contribution in [2.24, 2.45) is 0 Å². The van der Waals surface area contributed by atoms with Crippen LogP contribution in [0.15, 0.2) is 152 Å². The second-order valence-corrected chi connectivity index (χ2v) is 10.5. The van der Waals surface area contributed by atoms with E-state index in [1.807, 2.05) is 159 Å². The van der Waals surface area contributed by atoms with Crippen LogP contribution in [0.2, 0.25) is 0 Å². The number of methoxy groups -OCH3 is 5. The van der Waals surface area contributed by atoms with Crippen molar-refractivity contribution in [2.75, 3.05) is 49.8 Å². The lowest BCUT2D eigenvalue weighted by Gasteiger charge is -2.01. The smallest absolute Gasteiger partial charge is 0.118 e. The molecule has 0 N–H and O–H groups in total. The summed E-state index contributed by atoms with van der Waals surface area (Å²) in [6.07, 6.45) is 0. The molecule has 0 fully saturated rings. The van der Waals surface area contributed by atoms with Crippen LogP contribution in [0.5, 0.6) is 17.2 Å². The molecule has 56 heavy (non-hydrogen) atoms. The SMILES string of the molecule is CC.CC.CC.CC.CC(C)c1ccccc1.CC(C)c1ccccc1.COC.COC.COc1ccccc1.COc1ccccc1.COc1ccccc1. The molecule has 5 aromatic carbocycles. The molecule has 0 unspecified atom stereocenters. The van der Waals surface area contributed by atoms with E-state index < -0.39 is 0 Å². The topological polar surface area (TPSA) is 46.2 Å². The summed E-state index contributed by atoms with van der Waals surface area (Å²) in [4.78, 5) is 0. The molecular formula is C51H84O5. The van der Waals surface area contributed by atoms with E-state index in [2.05, 4.69) is 85.7 Å². The Balaban J connectivity index is -0.000000129. The van der Waals surface area contributed by atoms with Crippen LogP contribution in [0.1, 0.15) is 106 Å². The molecule has 5 nitrogen and oxygen atoms in total. The molecule has 318 valence electrons. The summed E-state index contributed by atoms with van der Waals surface area (Å²) in [5, 5.41) is 0. The monoisotopic (exact) mass is 777 g/mol. The quantitative estimate of drug-likeness (QED) is 0.178. The first kappa shape index (κ1) is 63.4. The first-order valence-corrected chi connectivity index (χ1v) is 19.9. The largest absolute Gasteiger partial charge is 0.497 e. The van der Waals surface area contributed by atoms with Crippen molar-refractivity contribution in [1.82, 2.24) is 0 Å². The lowest BCUT2D eigenvalue weighted by molar-refractivity contribution is 0.277. The van der Waals surface area contributed by atoms with Crippen LogP contribution in [0.25, 0.3) is 0 Å². The first-order valence-electron chi connectivity index (χ1n) is 19.9. The molecule has 0 bridgehead atoms. The zero-order valence-corrected chi connectivity index (χ0v) is 39.1. The molecule has 0 amide bonds. The molecule has 5 rings (SSSR count). The molecule has 0 aliphatic rings. The van der Waals surface area contributed by atoms with E-state index in [9.17, 15) is 0 Å². The summed E-state index contributed by atoms with van der Waals surface area (Å²) in [5.41, 5.74) is 2.83. The molecule has 0 saturated carbocycles. The van der Waals surface area contributed by atoms with Gasteiger partial charge in [-0.1, -0.05) is 198 Å². The number of rotatable bonds is 5. The lowest BCUT2D eigenvalue weighted by atomic mass is 10.0. The van der Waals surface area contributed by atoms with Gasteiger partial charge in [0.05, 0.1) is 21.3 Å². The molecule has 0 spiro atoms. The lowest BCUT2D eigenvalue weighted by Crippen LogP contribution is -1.83. The fourth-order valence-electron chi connectivity index (χ4n) is 3.35. The fraction of sp³-hybridized carbons (Fsp3) is 0.412. The van der Waals surface area contributed by atoms with Crippen LogP contribution in [0, 0.1) is 0 Å². The Kier molecular flexibility index (Phi) is 64.7. The predicted octanol–water partition coefficient (Wildman–Crippen LogP) is 15.3. The van der Waals surface area contributed by atoms with E-state index in [4.69, 9.17) is 14.2 Å². The number of benzene rings is 5. The van der Waals surface area contributed by atoms with E-state index >= 15 is 0 Å². The zero-order valence-electron chi connectivity index (χ0n) is 39.1. The summed E-state index contributed by atoms with van der Waals surface area (Å²) in [6, 6.07) is 50.1. The van der Waals surface area contributed by atoms with E-state index in [1.54, 1.807) is 49.8 Å². The van der Waals surface area contributed by atoms with Crippen molar-refractivity contribution >= 4 is 0 Å². The van der Waals surface area contributed by atoms with E-state index in [0.717, 1.165) is 17.2 Å². The average molecular weight is 777 g/mol. The minimum Gasteiger partial charge on any atom is -0.497 e. The van der Waals surface area contributed by atoms with E-state index in [0.29, 0.717) is 11.8 Å². The Bertz CT molecular complexity index is 1140. The molecule has 0 heterocycles. The normalized spacial score (nSPS) is 8.02. The van der Waals surface area contributed by atoms with Gasteiger partial charge >= 0.3 is 0 Å². The van der Waals surface area contributed by atoms with Crippen LogP contribution in [-0.2, 0) is 9.47 Å². The third-order valence-corrected chi connectivity index (χ3v) is 5.87. The Hall–Kier alpha value is -4.58. The second-order valence-electron chi connectivity index (χ2n) is 10.5. The van der Waals surface area contributed by atoms with E-state index in [-0.39, 0.29) is 0 Å². The van der Waals surface area contributed by atoms with Crippen LogP contribution >= 0.6 is 0 Å². The van der Waals surface area contributed by atoms with Crippen molar-refractivity contribution < 1.29 is 23.7 Å². The average Bonchev–Trinajstić information content (AvgIpc) is 3.29. The maximum absolute atomic E-state index is 4.91. The van der Waals surface area contributed by atoms with Crippen LogP contribution in [0.4, 0.5) is 0 Å². The Morgan fingerprint density at radius 1 is 0.268 bits per heavy atom. The van der Waals surface area contributed by atoms with Gasteiger partial charge in [0.25, 0.3) is 0 Å². The van der Waals surface area contributed by atoms with Gasteiger partial charge in [0.1, 0.15) is 17.2 Å². The van der Waals surface area contributed by atoms with Gasteiger partial charge in [-0.05, 0) is 59.4 Å². The van der Waals surface area contributed by atoms with Crippen LogP contribution in [-0.4, -0.2) is 49.8 Å². The molecule has 5 heteroatoms. The van der Waals surface area contributed by atoms with E-state index in [1.165, 1.54) is 11.1 Å². The molecule has 5 aromatic rings. The van der Waals surface area contributed by atoms with Gasteiger partial charge in [0, 0.05) is 28.4 Å². The number of ether oxygens (including phenoxy) is 5. The predicted molar refractivity (Wildman–Crippen MR) is 251 cm³/mol. The Labute approximate surface area is 347 Å². The minimum atomic E-state index is 0.659. The summed E-state index contributed by atoms with van der Waals surface area (Å²) in [5.74, 6) is 4.05. The molecule has 0 aliphatic carbocycles. The van der Waals surface area contributed by atoms with Gasteiger partial charge in [-0.3, -0.25) is 0 Å². The maximum Gasteiger partial charge on any atom is 0.118 e. The van der Waals surface area contributed by atoms with Gasteiger partial charge in [0.15, 0.2) is 0 Å². The molecule has 0 aromatic heterocycles. The standard InChI is InChI=1S/2C9H12.3C7H8O.2C2H6O.4C2H6/c2*1-8(2)9-6-4-3-5-7-9;3*1-8-7-5-3-2-4-6-7;2*1-3-2;4*1-2/h2*3-8H,1-2H3;3*2-6H,1H3;2*1-2H3;4*1-2H3. The first-order chi connectivity index (χ1) is 27.2. The fourth-order valence-corrected chi connectivity index (χ4v) is 3.35. The van der Waals surface area contributed by atoms with Gasteiger partial charge in [-0.25, -0.2) is 0 Å². The summed E-state index contributed by atoms with van der Waals surface area (Å²) in [6.45, 7) is 24.8. The molecule has 0 aliphatic heterocycles. The number of hydrogen-bond donors (Lipinski definition) is 0. The minimum absolute atomic E-state index is 0.659. The third kappa shape index (κ3) is 47.4. The summed E-state index contributed by atoms with van der Waals surface area (Å²) < 4.78 is 23.2.